The van der Waals surface area contributed by atoms with E-state index in [1.807, 2.05) is 30.3 Å². The van der Waals surface area contributed by atoms with Gasteiger partial charge in [-0.1, -0.05) is 44.9 Å². The zero-order valence-corrected chi connectivity index (χ0v) is 17.3. The normalized spacial score (nSPS) is 9.42. The van der Waals surface area contributed by atoms with Crippen LogP contribution in [0.4, 0.5) is 0 Å². The molecule has 0 saturated heterocycles. The SMILES string of the molecule is CC(=O)COCCOc1ccccc1.CCCCOC.CCCCOC. The maximum absolute atomic E-state index is 10.5. The minimum absolute atomic E-state index is 0.0321. The molecule has 0 aliphatic carbocycles. The maximum atomic E-state index is 10.5. The van der Waals surface area contributed by atoms with E-state index in [9.17, 15) is 4.79 Å². The summed E-state index contributed by atoms with van der Waals surface area (Å²) >= 11 is 0. The second kappa shape index (κ2) is 23.6. The summed E-state index contributed by atoms with van der Waals surface area (Å²) in [7, 11) is 3.46. The van der Waals surface area contributed by atoms with Gasteiger partial charge in [0.1, 0.15) is 19.0 Å². The number of hydrogen-bond acceptors (Lipinski definition) is 5. The Bertz CT molecular complexity index is 365. The van der Waals surface area contributed by atoms with Crippen LogP contribution >= 0.6 is 0 Å². The molecule has 0 fully saturated rings. The molecule has 5 nitrogen and oxygen atoms in total. The highest BCUT2D eigenvalue weighted by Gasteiger charge is 1.94. The Kier molecular flexibility index (Phi) is 24.3. The highest BCUT2D eigenvalue weighted by atomic mass is 16.5. The average Bonchev–Trinajstić information content (AvgIpc) is 2.66. The Balaban J connectivity index is 0. The van der Waals surface area contributed by atoms with E-state index >= 15 is 0 Å². The molecule has 152 valence electrons. The molecule has 0 N–H and O–H groups in total. The van der Waals surface area contributed by atoms with Gasteiger partial charge in [0.2, 0.25) is 0 Å². The molecule has 0 amide bonds. The van der Waals surface area contributed by atoms with Gasteiger partial charge in [0.05, 0.1) is 6.61 Å². The van der Waals surface area contributed by atoms with E-state index in [-0.39, 0.29) is 12.4 Å². The van der Waals surface area contributed by atoms with Crippen molar-refractivity contribution in [2.24, 2.45) is 0 Å². The van der Waals surface area contributed by atoms with Crippen molar-refractivity contribution in [2.75, 3.05) is 47.3 Å². The van der Waals surface area contributed by atoms with Gasteiger partial charge in [-0.15, -0.1) is 0 Å². The van der Waals surface area contributed by atoms with Crippen molar-refractivity contribution in [1.29, 1.82) is 0 Å². The number of unbranched alkanes of at least 4 members (excludes halogenated alkanes) is 2. The summed E-state index contributed by atoms with van der Waals surface area (Å²) in [6.45, 7) is 8.70. The number of ketones is 1. The van der Waals surface area contributed by atoms with Crippen LogP contribution in [0.25, 0.3) is 0 Å². The number of methoxy groups -OCH3 is 2. The first-order valence-electron chi connectivity index (χ1n) is 9.35. The molecule has 0 saturated carbocycles. The quantitative estimate of drug-likeness (QED) is 0.506. The van der Waals surface area contributed by atoms with Crippen LogP contribution in [0.2, 0.25) is 0 Å². The largest absolute Gasteiger partial charge is 0.491 e. The van der Waals surface area contributed by atoms with E-state index in [4.69, 9.17) is 18.9 Å². The van der Waals surface area contributed by atoms with Crippen LogP contribution in [0.5, 0.6) is 5.75 Å². The summed E-state index contributed by atoms with van der Waals surface area (Å²) in [6, 6.07) is 9.51. The first-order valence-corrected chi connectivity index (χ1v) is 9.35. The Morgan fingerprint density at radius 2 is 1.38 bits per heavy atom. The predicted octanol–water partition coefficient (Wildman–Crippen LogP) is 4.54. The summed E-state index contributed by atoms with van der Waals surface area (Å²) in [5, 5.41) is 0. The van der Waals surface area contributed by atoms with Crippen molar-refractivity contribution in [3.05, 3.63) is 30.3 Å². The lowest BCUT2D eigenvalue weighted by Crippen LogP contribution is -2.11. The van der Waals surface area contributed by atoms with Gasteiger partial charge in [-0.05, 0) is 31.9 Å². The third-order valence-electron chi connectivity index (χ3n) is 2.95. The number of hydrogen-bond donors (Lipinski definition) is 0. The summed E-state index contributed by atoms with van der Waals surface area (Å²) in [5.41, 5.74) is 0. The fourth-order valence-corrected chi connectivity index (χ4v) is 1.53. The standard InChI is InChI=1S/C11H14O3.2C5H12O/c1-10(12)9-13-7-8-14-11-5-3-2-4-6-11;2*1-3-4-5-6-2/h2-6H,7-9H2,1H3;2*3-5H2,1-2H3. The van der Waals surface area contributed by atoms with E-state index in [2.05, 4.69) is 13.8 Å². The Labute approximate surface area is 160 Å². The second-order valence-corrected chi connectivity index (χ2v) is 5.61. The zero-order chi connectivity index (χ0) is 19.9. The van der Waals surface area contributed by atoms with Crippen LogP contribution < -0.4 is 4.74 Å². The lowest BCUT2D eigenvalue weighted by Gasteiger charge is -2.05. The van der Waals surface area contributed by atoms with Crippen molar-refractivity contribution < 1.29 is 23.7 Å². The predicted molar refractivity (Wildman–Crippen MR) is 107 cm³/mol. The molecule has 0 aromatic heterocycles. The molecule has 1 rings (SSSR count). The number of carbonyl (C=O) groups excluding carboxylic acids is 1. The molecule has 0 aliphatic heterocycles. The van der Waals surface area contributed by atoms with E-state index < -0.39 is 0 Å². The molecule has 0 radical (unpaired) electrons. The third kappa shape index (κ3) is 24.8. The second-order valence-electron chi connectivity index (χ2n) is 5.61. The lowest BCUT2D eigenvalue weighted by atomic mass is 10.3. The molecule has 1 aromatic carbocycles. The van der Waals surface area contributed by atoms with Crippen molar-refractivity contribution >= 4 is 5.78 Å². The van der Waals surface area contributed by atoms with E-state index in [1.54, 1.807) is 14.2 Å². The molecule has 0 spiro atoms. The van der Waals surface area contributed by atoms with Crippen LogP contribution in [-0.4, -0.2) is 53.0 Å². The molecule has 0 aliphatic rings. The molecule has 5 heteroatoms. The lowest BCUT2D eigenvalue weighted by molar-refractivity contribution is -0.121. The molecule has 0 unspecified atom stereocenters. The van der Waals surface area contributed by atoms with E-state index in [0.29, 0.717) is 13.2 Å². The van der Waals surface area contributed by atoms with E-state index in [0.717, 1.165) is 19.0 Å². The van der Waals surface area contributed by atoms with Crippen LogP contribution in [0.15, 0.2) is 30.3 Å². The molecular weight excluding hydrogens is 332 g/mol. The summed E-state index contributed by atoms with van der Waals surface area (Å²) in [4.78, 5) is 10.5. The highest BCUT2D eigenvalue weighted by molar-refractivity contribution is 5.76. The molecule has 0 atom stereocenters. The van der Waals surface area contributed by atoms with E-state index in [1.165, 1.54) is 32.6 Å². The first kappa shape index (κ1) is 26.8. The van der Waals surface area contributed by atoms with Crippen LogP contribution in [0.3, 0.4) is 0 Å². The molecule has 1 aromatic rings. The minimum Gasteiger partial charge on any atom is -0.491 e. The summed E-state index contributed by atoms with van der Waals surface area (Å²) in [6.07, 6.45) is 4.84. The molecule has 0 heterocycles. The zero-order valence-electron chi connectivity index (χ0n) is 17.3. The Morgan fingerprint density at radius 3 is 1.77 bits per heavy atom. The topological polar surface area (TPSA) is 54.0 Å². The van der Waals surface area contributed by atoms with Gasteiger partial charge in [0.25, 0.3) is 0 Å². The van der Waals surface area contributed by atoms with Gasteiger partial charge in [0, 0.05) is 27.4 Å². The number of rotatable bonds is 12. The van der Waals surface area contributed by atoms with Gasteiger partial charge < -0.3 is 18.9 Å². The molecule has 26 heavy (non-hydrogen) atoms. The fourth-order valence-electron chi connectivity index (χ4n) is 1.53. The maximum Gasteiger partial charge on any atom is 0.155 e. The first-order chi connectivity index (χ1) is 12.6. The summed E-state index contributed by atoms with van der Waals surface area (Å²) in [5.74, 6) is 0.851. The number of para-hydroxylation sites is 1. The monoisotopic (exact) mass is 370 g/mol. The van der Waals surface area contributed by atoms with Gasteiger partial charge in [0.15, 0.2) is 5.78 Å². The summed E-state index contributed by atoms with van der Waals surface area (Å²) < 4.78 is 20.0. The van der Waals surface area contributed by atoms with Gasteiger partial charge in [-0.3, -0.25) is 4.79 Å². The highest BCUT2D eigenvalue weighted by Crippen LogP contribution is 2.07. The third-order valence-corrected chi connectivity index (χ3v) is 2.95. The van der Waals surface area contributed by atoms with Gasteiger partial charge in [-0.25, -0.2) is 0 Å². The van der Waals surface area contributed by atoms with Gasteiger partial charge >= 0.3 is 0 Å². The van der Waals surface area contributed by atoms with Crippen molar-refractivity contribution in [3.8, 4) is 5.75 Å². The smallest absolute Gasteiger partial charge is 0.155 e. The van der Waals surface area contributed by atoms with Crippen molar-refractivity contribution in [2.45, 2.75) is 46.5 Å². The number of benzene rings is 1. The Morgan fingerprint density at radius 1 is 0.846 bits per heavy atom. The Hall–Kier alpha value is -1.43. The molecule has 0 bridgehead atoms. The molecular formula is C21H38O5. The van der Waals surface area contributed by atoms with Crippen molar-refractivity contribution in [1.82, 2.24) is 0 Å². The number of ether oxygens (including phenoxy) is 4. The van der Waals surface area contributed by atoms with Crippen LogP contribution in [0.1, 0.15) is 46.5 Å². The fraction of sp³-hybridized carbons (Fsp3) is 0.667. The van der Waals surface area contributed by atoms with Crippen LogP contribution in [0, 0.1) is 0 Å². The van der Waals surface area contributed by atoms with Gasteiger partial charge in [-0.2, -0.15) is 0 Å². The number of carbonyl (C=O) groups is 1. The van der Waals surface area contributed by atoms with Crippen LogP contribution in [-0.2, 0) is 19.0 Å². The number of Topliss-reactive ketones (excluding diaryl/α,β-unsaturated/α-hetero) is 1. The van der Waals surface area contributed by atoms with Crippen molar-refractivity contribution in [3.63, 3.8) is 0 Å². The minimum atomic E-state index is 0.0321. The average molecular weight is 371 g/mol.